The van der Waals surface area contributed by atoms with E-state index < -0.39 is 0 Å². The van der Waals surface area contributed by atoms with Crippen LogP contribution < -0.4 is 5.32 Å². The quantitative estimate of drug-likeness (QED) is 0.813. The van der Waals surface area contributed by atoms with Crippen LogP contribution in [0.3, 0.4) is 0 Å². The van der Waals surface area contributed by atoms with Gasteiger partial charge in [0.1, 0.15) is 0 Å². The van der Waals surface area contributed by atoms with Crippen LogP contribution in [0.4, 0.5) is 0 Å². The van der Waals surface area contributed by atoms with E-state index in [1.54, 1.807) is 0 Å². The summed E-state index contributed by atoms with van der Waals surface area (Å²) < 4.78 is 0. The Morgan fingerprint density at radius 1 is 1.10 bits per heavy atom. The van der Waals surface area contributed by atoms with Crippen LogP contribution in [0.5, 0.6) is 0 Å². The van der Waals surface area contributed by atoms with Gasteiger partial charge in [0.05, 0.1) is 0 Å². The van der Waals surface area contributed by atoms with E-state index in [1.807, 2.05) is 0 Å². The molecule has 21 heavy (non-hydrogen) atoms. The molecule has 124 valence electrons. The van der Waals surface area contributed by atoms with E-state index in [4.69, 9.17) is 0 Å². The molecular formula is C19H38N2. The lowest BCUT2D eigenvalue weighted by Crippen LogP contribution is -2.47. The van der Waals surface area contributed by atoms with E-state index >= 15 is 0 Å². The number of hydrogen-bond donors (Lipinski definition) is 1. The SMILES string of the molecule is CCC1CCCCCN1CC1CC(C(C)C)CCC1NC. The summed E-state index contributed by atoms with van der Waals surface area (Å²) in [7, 11) is 2.17. The first kappa shape index (κ1) is 17.3. The highest BCUT2D eigenvalue weighted by Gasteiger charge is 2.33. The molecule has 1 aliphatic carbocycles. The monoisotopic (exact) mass is 294 g/mol. The molecule has 1 heterocycles. The lowest BCUT2D eigenvalue weighted by molar-refractivity contribution is 0.0996. The van der Waals surface area contributed by atoms with E-state index in [-0.39, 0.29) is 0 Å². The molecule has 2 fully saturated rings. The van der Waals surface area contributed by atoms with E-state index in [0.29, 0.717) is 0 Å². The first-order valence-corrected chi connectivity index (χ1v) is 9.57. The Morgan fingerprint density at radius 3 is 2.57 bits per heavy atom. The number of likely N-dealkylation sites (tertiary alicyclic amines) is 1. The average molecular weight is 295 g/mol. The maximum absolute atomic E-state index is 3.62. The average Bonchev–Trinajstić information content (AvgIpc) is 2.72. The van der Waals surface area contributed by atoms with E-state index in [1.165, 1.54) is 64.5 Å². The Hall–Kier alpha value is -0.0800. The molecule has 0 amide bonds. The van der Waals surface area contributed by atoms with Gasteiger partial charge in [0.15, 0.2) is 0 Å². The predicted molar refractivity (Wildman–Crippen MR) is 92.6 cm³/mol. The van der Waals surface area contributed by atoms with Gasteiger partial charge in [0.2, 0.25) is 0 Å². The van der Waals surface area contributed by atoms with Crippen LogP contribution >= 0.6 is 0 Å². The molecular weight excluding hydrogens is 256 g/mol. The topological polar surface area (TPSA) is 15.3 Å². The van der Waals surface area contributed by atoms with Crippen LogP contribution in [-0.2, 0) is 0 Å². The summed E-state index contributed by atoms with van der Waals surface area (Å²) >= 11 is 0. The molecule has 0 aromatic heterocycles. The van der Waals surface area contributed by atoms with Crippen molar-refractivity contribution in [3.63, 3.8) is 0 Å². The second-order valence-electron chi connectivity index (χ2n) is 7.88. The van der Waals surface area contributed by atoms with Gasteiger partial charge in [-0.2, -0.15) is 0 Å². The van der Waals surface area contributed by atoms with Gasteiger partial charge in [-0.1, -0.05) is 33.6 Å². The fourth-order valence-electron chi connectivity index (χ4n) is 4.73. The highest BCUT2D eigenvalue weighted by Crippen LogP contribution is 2.35. The number of nitrogens with one attached hydrogen (secondary N) is 1. The number of rotatable bonds is 5. The molecule has 0 bridgehead atoms. The zero-order valence-corrected chi connectivity index (χ0v) is 14.9. The molecule has 1 N–H and O–H groups in total. The standard InChI is InChI=1S/C19H38N2/c1-5-18-9-7-6-8-12-21(18)14-17-13-16(15(2)3)10-11-19(17)20-4/h15-20H,5-14H2,1-4H3. The van der Waals surface area contributed by atoms with E-state index in [0.717, 1.165) is 29.8 Å². The van der Waals surface area contributed by atoms with Crippen molar-refractivity contribution >= 4 is 0 Å². The normalized spacial score (nSPS) is 35.9. The fraction of sp³-hybridized carbons (Fsp3) is 1.00. The number of nitrogens with zero attached hydrogens (tertiary/aromatic N) is 1. The van der Waals surface area contributed by atoms with Crippen LogP contribution in [-0.4, -0.2) is 37.1 Å². The van der Waals surface area contributed by atoms with Gasteiger partial charge in [-0.15, -0.1) is 0 Å². The summed E-state index contributed by atoms with van der Waals surface area (Å²) in [4.78, 5) is 2.85. The maximum Gasteiger partial charge on any atom is 0.0105 e. The molecule has 0 aromatic rings. The minimum absolute atomic E-state index is 0.751. The lowest BCUT2D eigenvalue weighted by atomic mass is 9.73. The summed E-state index contributed by atoms with van der Waals surface area (Å²) in [6, 6.07) is 1.60. The smallest absolute Gasteiger partial charge is 0.0105 e. The van der Waals surface area contributed by atoms with Crippen molar-refractivity contribution in [1.29, 1.82) is 0 Å². The maximum atomic E-state index is 3.62. The Labute approximate surface area is 133 Å². The Bertz CT molecular complexity index is 289. The van der Waals surface area contributed by atoms with Crippen molar-refractivity contribution in [2.75, 3.05) is 20.1 Å². The van der Waals surface area contributed by atoms with Crippen molar-refractivity contribution in [2.24, 2.45) is 17.8 Å². The minimum atomic E-state index is 0.751. The molecule has 0 radical (unpaired) electrons. The molecule has 2 heteroatoms. The van der Waals surface area contributed by atoms with Crippen molar-refractivity contribution in [3.05, 3.63) is 0 Å². The second-order valence-corrected chi connectivity index (χ2v) is 7.88. The second kappa shape index (κ2) is 8.53. The fourth-order valence-corrected chi connectivity index (χ4v) is 4.73. The zero-order chi connectivity index (χ0) is 15.2. The molecule has 2 nitrogen and oxygen atoms in total. The molecule has 4 unspecified atom stereocenters. The highest BCUT2D eigenvalue weighted by molar-refractivity contribution is 4.88. The zero-order valence-electron chi connectivity index (χ0n) is 14.9. The van der Waals surface area contributed by atoms with Gasteiger partial charge in [0.25, 0.3) is 0 Å². The number of hydrogen-bond acceptors (Lipinski definition) is 2. The largest absolute Gasteiger partial charge is 0.317 e. The molecule has 0 spiro atoms. The molecule has 2 rings (SSSR count). The van der Waals surface area contributed by atoms with Gasteiger partial charge in [-0.05, 0) is 69.9 Å². The Kier molecular flexibility index (Phi) is 7.01. The van der Waals surface area contributed by atoms with E-state index in [9.17, 15) is 0 Å². The third kappa shape index (κ3) is 4.69. The lowest BCUT2D eigenvalue weighted by Gasteiger charge is -2.41. The molecule has 1 saturated carbocycles. The molecule has 4 atom stereocenters. The first-order chi connectivity index (χ1) is 10.2. The summed E-state index contributed by atoms with van der Waals surface area (Å²) in [6.07, 6.45) is 11.3. The summed E-state index contributed by atoms with van der Waals surface area (Å²) in [5.74, 6) is 2.67. The minimum Gasteiger partial charge on any atom is -0.317 e. The van der Waals surface area contributed by atoms with Gasteiger partial charge >= 0.3 is 0 Å². The summed E-state index contributed by atoms with van der Waals surface area (Å²) in [6.45, 7) is 9.91. The van der Waals surface area contributed by atoms with Crippen molar-refractivity contribution in [1.82, 2.24) is 10.2 Å². The molecule has 1 saturated heterocycles. The van der Waals surface area contributed by atoms with Gasteiger partial charge in [-0.25, -0.2) is 0 Å². The highest BCUT2D eigenvalue weighted by atomic mass is 15.2. The predicted octanol–water partition coefficient (Wildman–Crippen LogP) is 4.30. The van der Waals surface area contributed by atoms with Crippen molar-refractivity contribution in [3.8, 4) is 0 Å². The van der Waals surface area contributed by atoms with Crippen molar-refractivity contribution in [2.45, 2.75) is 84.2 Å². The van der Waals surface area contributed by atoms with Gasteiger partial charge in [-0.3, -0.25) is 0 Å². The first-order valence-electron chi connectivity index (χ1n) is 9.57. The molecule has 1 aliphatic heterocycles. The Balaban J connectivity index is 1.98. The van der Waals surface area contributed by atoms with Crippen LogP contribution in [0.1, 0.15) is 72.1 Å². The molecule has 0 aromatic carbocycles. The Morgan fingerprint density at radius 2 is 1.90 bits per heavy atom. The van der Waals surface area contributed by atoms with Gasteiger partial charge in [0, 0.05) is 18.6 Å². The third-order valence-electron chi connectivity index (χ3n) is 6.28. The third-order valence-corrected chi connectivity index (χ3v) is 6.28. The van der Waals surface area contributed by atoms with Crippen molar-refractivity contribution < 1.29 is 0 Å². The van der Waals surface area contributed by atoms with Crippen LogP contribution in [0.2, 0.25) is 0 Å². The van der Waals surface area contributed by atoms with Crippen LogP contribution in [0.15, 0.2) is 0 Å². The van der Waals surface area contributed by atoms with Crippen LogP contribution in [0.25, 0.3) is 0 Å². The van der Waals surface area contributed by atoms with E-state index in [2.05, 4.69) is 38.0 Å². The summed E-state index contributed by atoms with van der Waals surface area (Å²) in [5.41, 5.74) is 0. The van der Waals surface area contributed by atoms with Gasteiger partial charge < -0.3 is 10.2 Å². The molecule has 2 aliphatic rings. The summed E-state index contributed by atoms with van der Waals surface area (Å²) in [5, 5.41) is 3.62. The van der Waals surface area contributed by atoms with Crippen LogP contribution in [0, 0.1) is 17.8 Å².